The number of aliphatic hydroxyl groups excluding tert-OH is 1. The molecule has 2 rings (SSSR count). The van der Waals surface area contributed by atoms with Gasteiger partial charge >= 0.3 is 0 Å². The van der Waals surface area contributed by atoms with Gasteiger partial charge in [-0.1, -0.05) is 6.92 Å². The van der Waals surface area contributed by atoms with Crippen LogP contribution in [0.15, 0.2) is 29.0 Å². The zero-order chi connectivity index (χ0) is 13.1. The normalized spacial score (nSPS) is 14.7. The van der Waals surface area contributed by atoms with E-state index in [-0.39, 0.29) is 0 Å². The van der Waals surface area contributed by atoms with Crippen molar-refractivity contribution in [2.75, 3.05) is 0 Å². The maximum Gasteiger partial charge on any atom is 0.135 e. The Morgan fingerprint density at radius 1 is 1.44 bits per heavy atom. The van der Waals surface area contributed by atoms with Gasteiger partial charge in [0.2, 0.25) is 0 Å². The van der Waals surface area contributed by atoms with Crippen LogP contribution in [0, 0.1) is 6.92 Å². The molecule has 0 fully saturated rings. The molecule has 2 aromatic rings. The number of hydrogen-bond acceptors (Lipinski definition) is 3. The van der Waals surface area contributed by atoms with E-state index < -0.39 is 6.10 Å². The number of nitrogens with zero attached hydrogens (tertiary/aromatic N) is 2. The summed E-state index contributed by atoms with van der Waals surface area (Å²) in [5.74, 6) is 0.632. The van der Waals surface area contributed by atoms with E-state index in [1.165, 1.54) is 0 Å². The molecule has 0 amide bonds. The van der Waals surface area contributed by atoms with Gasteiger partial charge in [-0.3, -0.25) is 4.68 Å². The zero-order valence-corrected chi connectivity index (χ0v) is 11.1. The number of rotatable bonds is 5. The van der Waals surface area contributed by atoms with Gasteiger partial charge in [0.15, 0.2) is 0 Å². The lowest BCUT2D eigenvalue weighted by atomic mass is 10.1. The first-order valence-corrected chi connectivity index (χ1v) is 6.38. The smallest absolute Gasteiger partial charge is 0.135 e. The van der Waals surface area contributed by atoms with Crippen LogP contribution in [0.2, 0.25) is 0 Å². The minimum atomic E-state index is -0.625. The van der Waals surface area contributed by atoms with E-state index in [0.717, 1.165) is 17.7 Å². The van der Waals surface area contributed by atoms with Gasteiger partial charge in [0.25, 0.3) is 0 Å². The van der Waals surface area contributed by atoms with Crippen molar-refractivity contribution in [3.63, 3.8) is 0 Å². The highest BCUT2D eigenvalue weighted by Gasteiger charge is 2.16. The first-order chi connectivity index (χ1) is 8.61. The molecule has 98 valence electrons. The van der Waals surface area contributed by atoms with Crippen molar-refractivity contribution in [3.05, 3.63) is 41.6 Å². The Kier molecular flexibility index (Phi) is 3.87. The molecular formula is C14H20N2O2. The second-order valence-corrected chi connectivity index (χ2v) is 4.73. The third-order valence-corrected chi connectivity index (χ3v) is 3.31. The fraction of sp³-hybridized carbons (Fsp3) is 0.500. The number of furan rings is 1. The molecule has 0 aliphatic rings. The Morgan fingerprint density at radius 3 is 2.83 bits per heavy atom. The highest BCUT2D eigenvalue weighted by atomic mass is 16.4. The molecule has 0 radical (unpaired) electrons. The van der Waals surface area contributed by atoms with Crippen LogP contribution < -0.4 is 0 Å². The molecule has 2 aromatic heterocycles. The number of hydrogen-bond donors (Lipinski definition) is 1. The molecule has 0 saturated carbocycles. The lowest BCUT2D eigenvalue weighted by Crippen LogP contribution is -2.07. The standard InChI is InChI=1S/C14H20N2O2/c1-4-11(3)16-7-5-12(15-16)9-13(17)14-10(2)6-8-18-14/h5-8,11,13,17H,4,9H2,1-3H3. The van der Waals surface area contributed by atoms with E-state index in [1.807, 2.05) is 29.9 Å². The third kappa shape index (κ3) is 2.64. The van der Waals surface area contributed by atoms with Gasteiger partial charge in [-0.25, -0.2) is 0 Å². The topological polar surface area (TPSA) is 51.2 Å². The molecule has 2 atom stereocenters. The highest BCUT2D eigenvalue weighted by Crippen LogP contribution is 2.22. The lowest BCUT2D eigenvalue weighted by Gasteiger charge is -2.09. The van der Waals surface area contributed by atoms with Gasteiger partial charge in [-0.15, -0.1) is 0 Å². The van der Waals surface area contributed by atoms with Crippen LogP contribution in [-0.4, -0.2) is 14.9 Å². The first-order valence-electron chi connectivity index (χ1n) is 6.38. The number of aromatic nitrogens is 2. The summed E-state index contributed by atoms with van der Waals surface area (Å²) < 4.78 is 7.23. The van der Waals surface area contributed by atoms with Crippen molar-refractivity contribution in [1.82, 2.24) is 9.78 Å². The van der Waals surface area contributed by atoms with Crippen molar-refractivity contribution in [2.45, 2.75) is 45.8 Å². The molecule has 2 heterocycles. The zero-order valence-electron chi connectivity index (χ0n) is 11.1. The number of aliphatic hydroxyl groups is 1. The maximum atomic E-state index is 10.1. The van der Waals surface area contributed by atoms with Crippen LogP contribution in [-0.2, 0) is 6.42 Å². The molecule has 4 nitrogen and oxygen atoms in total. The van der Waals surface area contributed by atoms with Crippen molar-refractivity contribution >= 4 is 0 Å². The Balaban J connectivity index is 2.06. The molecule has 0 aromatic carbocycles. The molecule has 18 heavy (non-hydrogen) atoms. The molecule has 1 N–H and O–H groups in total. The van der Waals surface area contributed by atoms with Gasteiger partial charge in [0.1, 0.15) is 11.9 Å². The van der Waals surface area contributed by atoms with Crippen molar-refractivity contribution < 1.29 is 9.52 Å². The third-order valence-electron chi connectivity index (χ3n) is 3.31. The summed E-state index contributed by atoms with van der Waals surface area (Å²) in [6, 6.07) is 4.20. The van der Waals surface area contributed by atoms with Crippen LogP contribution in [0.1, 0.15) is 49.4 Å². The average molecular weight is 248 g/mol. The van der Waals surface area contributed by atoms with Gasteiger partial charge in [0, 0.05) is 18.7 Å². The van der Waals surface area contributed by atoms with Gasteiger partial charge in [0.05, 0.1) is 12.0 Å². The van der Waals surface area contributed by atoms with Gasteiger partial charge in [-0.05, 0) is 38.0 Å². The Hall–Kier alpha value is -1.55. The molecule has 4 heteroatoms. The summed E-state index contributed by atoms with van der Waals surface area (Å²) in [6.45, 7) is 6.19. The fourth-order valence-electron chi connectivity index (χ4n) is 1.94. The van der Waals surface area contributed by atoms with Crippen LogP contribution in [0.4, 0.5) is 0 Å². The van der Waals surface area contributed by atoms with E-state index >= 15 is 0 Å². The minimum Gasteiger partial charge on any atom is -0.466 e. The van der Waals surface area contributed by atoms with Gasteiger partial charge in [-0.2, -0.15) is 5.10 Å². The number of aryl methyl sites for hydroxylation is 1. The summed E-state index contributed by atoms with van der Waals surface area (Å²) in [5.41, 5.74) is 1.86. The van der Waals surface area contributed by atoms with E-state index in [9.17, 15) is 5.11 Å². The first kappa shape index (κ1) is 12.9. The molecule has 0 aliphatic carbocycles. The summed E-state index contributed by atoms with van der Waals surface area (Å²) in [6.07, 6.45) is 4.47. The molecule has 0 saturated heterocycles. The molecule has 2 unspecified atom stereocenters. The van der Waals surface area contributed by atoms with E-state index in [2.05, 4.69) is 18.9 Å². The minimum absolute atomic E-state index is 0.390. The molecule has 0 aliphatic heterocycles. The van der Waals surface area contributed by atoms with Crippen LogP contribution >= 0.6 is 0 Å². The molecular weight excluding hydrogens is 228 g/mol. The summed E-state index contributed by atoms with van der Waals surface area (Å²) in [4.78, 5) is 0. The second kappa shape index (κ2) is 5.40. The molecule has 0 bridgehead atoms. The predicted octanol–water partition coefficient (Wildman–Crippen LogP) is 3.03. The second-order valence-electron chi connectivity index (χ2n) is 4.73. The van der Waals surface area contributed by atoms with Crippen LogP contribution in [0.3, 0.4) is 0 Å². The maximum absolute atomic E-state index is 10.1. The monoisotopic (exact) mass is 248 g/mol. The quantitative estimate of drug-likeness (QED) is 0.884. The Morgan fingerprint density at radius 2 is 2.22 bits per heavy atom. The Bertz CT molecular complexity index is 501. The van der Waals surface area contributed by atoms with E-state index in [1.54, 1.807) is 6.26 Å². The summed E-state index contributed by atoms with van der Waals surface area (Å²) in [7, 11) is 0. The lowest BCUT2D eigenvalue weighted by molar-refractivity contribution is 0.148. The molecule has 0 spiro atoms. The highest BCUT2D eigenvalue weighted by molar-refractivity contribution is 5.18. The van der Waals surface area contributed by atoms with E-state index in [4.69, 9.17) is 4.42 Å². The predicted molar refractivity (Wildman–Crippen MR) is 69.3 cm³/mol. The van der Waals surface area contributed by atoms with Crippen molar-refractivity contribution in [2.24, 2.45) is 0 Å². The van der Waals surface area contributed by atoms with E-state index in [0.29, 0.717) is 18.2 Å². The van der Waals surface area contributed by atoms with Crippen molar-refractivity contribution in [1.29, 1.82) is 0 Å². The van der Waals surface area contributed by atoms with Gasteiger partial charge < -0.3 is 9.52 Å². The fourth-order valence-corrected chi connectivity index (χ4v) is 1.94. The summed E-state index contributed by atoms with van der Waals surface area (Å²) in [5, 5.41) is 14.6. The summed E-state index contributed by atoms with van der Waals surface area (Å²) >= 11 is 0. The average Bonchev–Trinajstić information content (AvgIpc) is 2.97. The van der Waals surface area contributed by atoms with Crippen LogP contribution in [0.5, 0.6) is 0 Å². The Labute approximate surface area is 107 Å². The largest absolute Gasteiger partial charge is 0.466 e. The van der Waals surface area contributed by atoms with Crippen LogP contribution in [0.25, 0.3) is 0 Å². The SMILES string of the molecule is CCC(C)n1ccc(CC(O)c2occc2C)n1. The van der Waals surface area contributed by atoms with Crippen molar-refractivity contribution in [3.8, 4) is 0 Å².